The molecule has 1 aromatic carbocycles. The molecule has 0 atom stereocenters. The van der Waals surface area contributed by atoms with E-state index in [2.05, 4.69) is 15.6 Å². The summed E-state index contributed by atoms with van der Waals surface area (Å²) in [5, 5.41) is 5.96. The molecule has 0 saturated carbocycles. The van der Waals surface area contributed by atoms with Crippen LogP contribution in [0.5, 0.6) is 0 Å². The average molecular weight is 454 g/mol. The number of rotatable bonds is 6. The number of hydrogen-bond donors (Lipinski definition) is 2. The van der Waals surface area contributed by atoms with Gasteiger partial charge in [0.25, 0.3) is 0 Å². The third-order valence-electron chi connectivity index (χ3n) is 3.00. The molecule has 0 heterocycles. The second kappa shape index (κ2) is 11.2. The minimum Gasteiger partial charge on any atom is -0.356 e. The number of nitrogens with zero attached hydrogens (tertiary/aromatic N) is 2. The number of guanidine groups is 1. The second-order valence-corrected chi connectivity index (χ2v) is 5.82. The molecule has 0 aromatic heterocycles. The summed E-state index contributed by atoms with van der Waals surface area (Å²) in [6, 6.07) is 3.25. The predicted molar refractivity (Wildman–Crippen MR) is 102 cm³/mol. The van der Waals surface area contributed by atoms with Gasteiger partial charge in [-0.3, -0.25) is 4.79 Å². The predicted octanol–water partition coefficient (Wildman–Crippen LogP) is 2.36. The van der Waals surface area contributed by atoms with Crippen LogP contribution in [0.1, 0.15) is 19.4 Å². The van der Waals surface area contributed by atoms with Crippen molar-refractivity contribution in [2.24, 2.45) is 10.9 Å². The van der Waals surface area contributed by atoms with Crippen LogP contribution in [-0.2, 0) is 11.3 Å². The van der Waals surface area contributed by atoms with Crippen LogP contribution < -0.4 is 10.6 Å². The normalized spacial score (nSPS) is 11.0. The van der Waals surface area contributed by atoms with Gasteiger partial charge in [0.15, 0.2) is 5.96 Å². The molecule has 0 aliphatic rings. The third kappa shape index (κ3) is 8.42. The van der Waals surface area contributed by atoms with E-state index in [1.165, 1.54) is 4.90 Å². The number of carbonyl (C=O) groups is 1. The quantitative estimate of drug-likeness (QED) is 0.395. The molecule has 8 heteroatoms. The summed E-state index contributed by atoms with van der Waals surface area (Å²) in [5.41, 5.74) is 0.162. The number of carbonyl (C=O) groups excluding carboxylic acids is 1. The van der Waals surface area contributed by atoms with Crippen molar-refractivity contribution in [2.75, 3.05) is 27.2 Å². The van der Waals surface area contributed by atoms with Crippen LogP contribution in [-0.4, -0.2) is 44.0 Å². The van der Waals surface area contributed by atoms with Crippen molar-refractivity contribution >= 4 is 35.8 Å². The van der Waals surface area contributed by atoms with Crippen molar-refractivity contribution in [2.45, 2.75) is 20.4 Å². The maximum atomic E-state index is 13.6. The first-order valence-electron chi connectivity index (χ1n) is 7.46. The molecule has 1 amide bonds. The van der Waals surface area contributed by atoms with E-state index < -0.39 is 11.6 Å². The zero-order valence-electron chi connectivity index (χ0n) is 14.4. The highest BCUT2D eigenvalue weighted by molar-refractivity contribution is 14.0. The Balaban J connectivity index is 0.00000529. The Labute approximate surface area is 158 Å². The molecule has 0 spiro atoms. The Morgan fingerprint density at radius 1 is 1.25 bits per heavy atom. The number of nitrogens with one attached hydrogen (secondary N) is 2. The molecule has 0 aliphatic carbocycles. The molecule has 2 N–H and O–H groups in total. The van der Waals surface area contributed by atoms with Crippen molar-refractivity contribution in [3.05, 3.63) is 35.4 Å². The van der Waals surface area contributed by atoms with Crippen molar-refractivity contribution in [1.29, 1.82) is 0 Å². The van der Waals surface area contributed by atoms with E-state index in [9.17, 15) is 13.6 Å². The molecule has 1 rings (SSSR count). The highest BCUT2D eigenvalue weighted by Crippen LogP contribution is 2.10. The molecule has 24 heavy (non-hydrogen) atoms. The maximum Gasteiger partial charge on any atom is 0.241 e. The highest BCUT2D eigenvalue weighted by atomic mass is 127. The molecule has 0 unspecified atom stereocenters. The lowest BCUT2D eigenvalue weighted by molar-refractivity contribution is -0.127. The van der Waals surface area contributed by atoms with Gasteiger partial charge in [0.2, 0.25) is 5.91 Å². The number of amides is 1. The lowest BCUT2D eigenvalue weighted by Gasteiger charge is -2.16. The minimum absolute atomic E-state index is 0. The first-order valence-corrected chi connectivity index (χ1v) is 7.46. The third-order valence-corrected chi connectivity index (χ3v) is 3.00. The van der Waals surface area contributed by atoms with Gasteiger partial charge in [0, 0.05) is 26.2 Å². The Morgan fingerprint density at radius 2 is 1.92 bits per heavy atom. The molecule has 0 saturated heterocycles. The Hall–Kier alpha value is -1.45. The van der Waals surface area contributed by atoms with Gasteiger partial charge in [-0.15, -0.1) is 24.0 Å². The topological polar surface area (TPSA) is 56.7 Å². The van der Waals surface area contributed by atoms with Gasteiger partial charge < -0.3 is 15.5 Å². The monoisotopic (exact) mass is 454 g/mol. The lowest BCUT2D eigenvalue weighted by Crippen LogP contribution is -2.44. The number of aliphatic imine (C=N–C) groups is 1. The van der Waals surface area contributed by atoms with Crippen molar-refractivity contribution in [3.8, 4) is 0 Å². The number of likely N-dealkylation sites (N-methyl/N-ethyl adjacent to an activating group) is 1. The average Bonchev–Trinajstić information content (AvgIpc) is 2.48. The van der Waals surface area contributed by atoms with Gasteiger partial charge in [-0.1, -0.05) is 13.8 Å². The number of halogens is 3. The van der Waals surface area contributed by atoms with E-state index >= 15 is 0 Å². The van der Waals surface area contributed by atoms with Crippen molar-refractivity contribution in [3.63, 3.8) is 0 Å². The van der Waals surface area contributed by atoms with Gasteiger partial charge in [-0.05, 0) is 24.1 Å². The molecule has 136 valence electrons. The van der Waals surface area contributed by atoms with Crippen LogP contribution in [0.4, 0.5) is 8.78 Å². The van der Waals surface area contributed by atoms with Crippen LogP contribution in [0, 0.1) is 17.6 Å². The van der Waals surface area contributed by atoms with E-state index in [0.29, 0.717) is 18.4 Å². The summed E-state index contributed by atoms with van der Waals surface area (Å²) in [7, 11) is 3.31. The molecular weight excluding hydrogens is 429 g/mol. The highest BCUT2D eigenvalue weighted by Gasteiger charge is 2.08. The van der Waals surface area contributed by atoms with E-state index in [1.54, 1.807) is 14.1 Å². The zero-order valence-corrected chi connectivity index (χ0v) is 16.7. The Bertz CT molecular complexity index is 565. The fraction of sp³-hybridized carbons (Fsp3) is 0.500. The molecular formula is C16H25F2IN4O. The van der Waals surface area contributed by atoms with Crippen molar-refractivity contribution < 1.29 is 13.6 Å². The van der Waals surface area contributed by atoms with Crippen molar-refractivity contribution in [1.82, 2.24) is 15.5 Å². The number of hydrogen-bond acceptors (Lipinski definition) is 2. The van der Waals surface area contributed by atoms with Gasteiger partial charge in [-0.2, -0.15) is 0 Å². The summed E-state index contributed by atoms with van der Waals surface area (Å²) in [6.07, 6.45) is 0. The molecule has 0 fully saturated rings. The fourth-order valence-electron chi connectivity index (χ4n) is 1.62. The molecule has 1 aromatic rings. The van der Waals surface area contributed by atoms with Crippen LogP contribution in [0.3, 0.4) is 0 Å². The summed E-state index contributed by atoms with van der Waals surface area (Å²) in [5.74, 6) is -0.372. The van der Waals surface area contributed by atoms with E-state index in [0.717, 1.165) is 18.2 Å². The van der Waals surface area contributed by atoms with Crippen LogP contribution in [0.25, 0.3) is 0 Å². The summed E-state index contributed by atoms with van der Waals surface area (Å²) in [6.45, 7) is 4.76. The second-order valence-electron chi connectivity index (χ2n) is 5.82. The van der Waals surface area contributed by atoms with E-state index in [4.69, 9.17) is 0 Å². The molecule has 0 bridgehead atoms. The van der Waals surface area contributed by atoms with Gasteiger partial charge in [0.1, 0.15) is 11.6 Å². The van der Waals surface area contributed by atoms with E-state index in [1.807, 2.05) is 13.8 Å². The smallest absolute Gasteiger partial charge is 0.241 e. The fourth-order valence-corrected chi connectivity index (χ4v) is 1.62. The van der Waals surface area contributed by atoms with Gasteiger partial charge in [-0.25, -0.2) is 13.8 Å². The first kappa shape index (κ1) is 22.6. The molecule has 0 radical (unpaired) electrons. The van der Waals surface area contributed by atoms with Crippen LogP contribution in [0.2, 0.25) is 0 Å². The van der Waals surface area contributed by atoms with Crippen LogP contribution in [0.15, 0.2) is 23.2 Å². The van der Waals surface area contributed by atoms with Gasteiger partial charge in [0.05, 0.1) is 13.1 Å². The summed E-state index contributed by atoms with van der Waals surface area (Å²) in [4.78, 5) is 17.3. The lowest BCUT2D eigenvalue weighted by atomic mass is 10.2. The molecule has 0 aliphatic heterocycles. The van der Waals surface area contributed by atoms with E-state index in [-0.39, 0.29) is 48.5 Å². The largest absolute Gasteiger partial charge is 0.356 e. The number of benzene rings is 1. The maximum absolute atomic E-state index is 13.6. The first-order chi connectivity index (χ1) is 10.8. The van der Waals surface area contributed by atoms with Gasteiger partial charge >= 0.3 is 0 Å². The minimum atomic E-state index is -0.511. The Kier molecular flexibility index (Phi) is 10.5. The SMILES string of the molecule is CC(C)CNC(=NCc1cc(F)ccc1F)NCC(=O)N(C)C.I. The standard InChI is InChI=1S/C16H24F2N4O.HI/c1-11(2)8-19-16(21-10-15(23)22(3)4)20-9-12-7-13(17)5-6-14(12)18;/h5-7,11H,8-10H2,1-4H3,(H2,19,20,21);1H. The molecule has 5 nitrogen and oxygen atoms in total. The Morgan fingerprint density at radius 3 is 2.50 bits per heavy atom. The summed E-state index contributed by atoms with van der Waals surface area (Å²) >= 11 is 0. The zero-order chi connectivity index (χ0) is 17.4. The van der Waals surface area contributed by atoms with Crippen LogP contribution >= 0.6 is 24.0 Å². The summed E-state index contributed by atoms with van der Waals surface area (Å²) < 4.78 is 26.8.